The fourth-order valence-electron chi connectivity index (χ4n) is 5.01. The highest BCUT2D eigenvalue weighted by Gasteiger charge is 2.26. The monoisotopic (exact) mass is 483 g/mol. The molecule has 2 aromatic rings. The molecule has 1 fully saturated rings. The summed E-state index contributed by atoms with van der Waals surface area (Å²) in [6.45, 7) is 2.04. The number of aromatic amines is 1. The molecule has 6 nitrogen and oxygen atoms in total. The Hall–Kier alpha value is -2.57. The van der Waals surface area contributed by atoms with Crippen molar-refractivity contribution in [2.24, 2.45) is 0 Å². The number of nitrogens with zero attached hydrogens (tertiary/aromatic N) is 1. The van der Waals surface area contributed by atoms with Crippen LogP contribution in [-0.2, 0) is 19.4 Å². The summed E-state index contributed by atoms with van der Waals surface area (Å²) in [7, 11) is 4.25. The van der Waals surface area contributed by atoms with Crippen LogP contribution in [0.3, 0.4) is 0 Å². The van der Waals surface area contributed by atoms with E-state index in [1.807, 2.05) is 19.1 Å². The zero-order valence-electron chi connectivity index (χ0n) is 20.2. The Balaban J connectivity index is 1.61. The maximum Gasteiger partial charge on any atom is 0.253 e. The molecule has 0 atom stereocenters. The average molecular weight is 484 g/mol. The van der Waals surface area contributed by atoms with Crippen molar-refractivity contribution in [3.8, 4) is 5.75 Å². The SMILES string of the molecule is Cc1cc2c(c(=O)[nH]1)CNC(=O)c1cc(Cl)cc(OC3CCC(N(C)C)CC3)c1C/C=C/CC2. The van der Waals surface area contributed by atoms with E-state index in [-0.39, 0.29) is 24.1 Å². The first-order valence-electron chi connectivity index (χ1n) is 12.1. The molecule has 1 amide bonds. The zero-order valence-corrected chi connectivity index (χ0v) is 21.0. The minimum absolute atomic E-state index is 0.112. The zero-order chi connectivity index (χ0) is 24.2. The first-order valence-corrected chi connectivity index (χ1v) is 12.5. The van der Waals surface area contributed by atoms with E-state index >= 15 is 0 Å². The number of hydrogen-bond donors (Lipinski definition) is 2. The molecule has 1 aromatic heterocycles. The van der Waals surface area contributed by atoms with E-state index in [1.165, 1.54) is 0 Å². The van der Waals surface area contributed by atoms with Crippen molar-refractivity contribution in [3.05, 3.63) is 73.7 Å². The second-order valence-corrected chi connectivity index (χ2v) is 10.1. The third-order valence-electron chi connectivity index (χ3n) is 6.94. The quantitative estimate of drug-likeness (QED) is 0.627. The van der Waals surface area contributed by atoms with Gasteiger partial charge in [0.05, 0.1) is 6.10 Å². The van der Waals surface area contributed by atoms with Gasteiger partial charge in [0.15, 0.2) is 0 Å². The van der Waals surface area contributed by atoms with E-state index in [0.717, 1.165) is 55.3 Å². The highest BCUT2D eigenvalue weighted by molar-refractivity contribution is 6.31. The largest absolute Gasteiger partial charge is 0.490 e. The molecule has 1 aromatic carbocycles. The number of nitrogens with one attached hydrogen (secondary N) is 2. The van der Waals surface area contributed by atoms with Crippen LogP contribution in [0.4, 0.5) is 0 Å². The highest BCUT2D eigenvalue weighted by atomic mass is 35.5. The van der Waals surface area contributed by atoms with Crippen molar-refractivity contribution in [3.63, 3.8) is 0 Å². The molecule has 0 radical (unpaired) electrons. The standard InChI is InChI=1S/C27H34ClN3O3/c1-17-13-18-7-5-4-6-8-22-23(26(32)29-16-24(18)27(33)30-17)14-19(28)15-25(22)34-21-11-9-20(10-12-21)31(2)3/h4,6,13-15,20-21H,5,7-12,16H2,1-3H3,(H,29,32)(H,30,33)/b6-4+. The van der Waals surface area contributed by atoms with Crippen molar-refractivity contribution < 1.29 is 9.53 Å². The molecule has 0 spiro atoms. The predicted molar refractivity (Wildman–Crippen MR) is 136 cm³/mol. The summed E-state index contributed by atoms with van der Waals surface area (Å²) in [6.07, 6.45) is 10.6. The van der Waals surface area contributed by atoms with Gasteiger partial charge in [-0.05, 0) is 89.7 Å². The Kier molecular flexibility index (Phi) is 7.79. The number of amides is 1. The van der Waals surface area contributed by atoms with Crippen LogP contribution >= 0.6 is 11.6 Å². The Morgan fingerprint density at radius 3 is 2.53 bits per heavy atom. The molecule has 1 aliphatic carbocycles. The number of hydrogen-bond acceptors (Lipinski definition) is 4. The molecule has 182 valence electrons. The molecular formula is C27H34ClN3O3. The van der Waals surface area contributed by atoms with Crippen LogP contribution in [0.2, 0.25) is 5.02 Å². The van der Waals surface area contributed by atoms with E-state index in [4.69, 9.17) is 16.3 Å². The normalized spacial score (nSPS) is 22.1. The predicted octanol–water partition coefficient (Wildman–Crippen LogP) is 4.56. The van der Waals surface area contributed by atoms with Gasteiger partial charge in [-0.3, -0.25) is 9.59 Å². The summed E-state index contributed by atoms with van der Waals surface area (Å²) >= 11 is 6.44. The number of carbonyl (C=O) groups excluding carboxylic acids is 1. The van der Waals surface area contributed by atoms with E-state index in [1.54, 1.807) is 6.07 Å². The molecule has 1 aliphatic heterocycles. The minimum Gasteiger partial charge on any atom is -0.490 e. The lowest BCUT2D eigenvalue weighted by Crippen LogP contribution is -2.35. The second kappa shape index (κ2) is 10.8. The third-order valence-corrected chi connectivity index (χ3v) is 7.16. The smallest absolute Gasteiger partial charge is 0.253 e. The van der Waals surface area contributed by atoms with E-state index in [9.17, 15) is 9.59 Å². The topological polar surface area (TPSA) is 74.4 Å². The summed E-state index contributed by atoms with van der Waals surface area (Å²) in [4.78, 5) is 31.0. The number of pyridine rings is 1. The lowest BCUT2D eigenvalue weighted by molar-refractivity contribution is 0.0945. The van der Waals surface area contributed by atoms with E-state index < -0.39 is 0 Å². The van der Waals surface area contributed by atoms with Gasteiger partial charge in [-0.2, -0.15) is 0 Å². The number of aromatic nitrogens is 1. The van der Waals surface area contributed by atoms with Crippen LogP contribution < -0.4 is 15.6 Å². The summed E-state index contributed by atoms with van der Waals surface area (Å²) in [5, 5.41) is 3.42. The van der Waals surface area contributed by atoms with Crippen molar-refractivity contribution in [1.82, 2.24) is 15.2 Å². The minimum atomic E-state index is -0.251. The molecule has 0 unspecified atom stereocenters. The first-order chi connectivity index (χ1) is 16.3. The number of benzene rings is 1. The van der Waals surface area contributed by atoms with Gasteiger partial charge in [-0.1, -0.05) is 23.8 Å². The second-order valence-electron chi connectivity index (χ2n) is 9.62. The van der Waals surface area contributed by atoms with Gasteiger partial charge in [0.25, 0.3) is 11.5 Å². The number of H-pyrrole nitrogens is 1. The average Bonchev–Trinajstić information content (AvgIpc) is 2.78. The van der Waals surface area contributed by atoms with Crippen LogP contribution in [0.15, 0.2) is 35.1 Å². The van der Waals surface area contributed by atoms with Crippen LogP contribution in [0.25, 0.3) is 0 Å². The Morgan fingerprint density at radius 1 is 1.03 bits per heavy atom. The number of aryl methyl sites for hydroxylation is 2. The molecule has 2 aliphatic rings. The van der Waals surface area contributed by atoms with E-state index in [2.05, 4.69) is 41.4 Å². The molecule has 2 N–H and O–H groups in total. The van der Waals surface area contributed by atoms with Crippen molar-refractivity contribution in [1.29, 1.82) is 0 Å². The van der Waals surface area contributed by atoms with Gasteiger partial charge in [0.2, 0.25) is 0 Å². The van der Waals surface area contributed by atoms with Crippen molar-refractivity contribution in [2.75, 3.05) is 14.1 Å². The van der Waals surface area contributed by atoms with Crippen LogP contribution in [0, 0.1) is 6.92 Å². The van der Waals surface area contributed by atoms with Gasteiger partial charge in [-0.15, -0.1) is 0 Å². The molecule has 7 heteroatoms. The lowest BCUT2D eigenvalue weighted by Gasteiger charge is -2.33. The highest BCUT2D eigenvalue weighted by Crippen LogP contribution is 2.33. The molecule has 4 rings (SSSR count). The lowest BCUT2D eigenvalue weighted by atomic mass is 9.92. The van der Waals surface area contributed by atoms with Gasteiger partial charge >= 0.3 is 0 Å². The summed E-state index contributed by atoms with van der Waals surface area (Å²) in [5.74, 6) is 0.431. The summed E-state index contributed by atoms with van der Waals surface area (Å²) in [6, 6.07) is 6.10. The molecule has 34 heavy (non-hydrogen) atoms. The van der Waals surface area contributed by atoms with E-state index in [0.29, 0.717) is 34.4 Å². The molecular weight excluding hydrogens is 450 g/mol. The van der Waals surface area contributed by atoms with Gasteiger partial charge in [0.1, 0.15) is 5.75 Å². The first kappa shape index (κ1) is 24.6. The van der Waals surface area contributed by atoms with Gasteiger partial charge in [-0.25, -0.2) is 0 Å². The molecule has 0 bridgehead atoms. The fraction of sp³-hybridized carbons (Fsp3) is 0.481. The maximum absolute atomic E-state index is 13.3. The van der Waals surface area contributed by atoms with Crippen molar-refractivity contribution in [2.45, 2.75) is 70.6 Å². The molecule has 0 saturated heterocycles. The number of halogens is 1. The summed E-state index contributed by atoms with van der Waals surface area (Å²) in [5.41, 5.74) is 3.58. The Morgan fingerprint density at radius 2 is 1.79 bits per heavy atom. The summed E-state index contributed by atoms with van der Waals surface area (Å²) < 4.78 is 6.45. The number of fused-ring (bicyclic) bond motifs is 2. The van der Waals surface area contributed by atoms with Gasteiger partial charge < -0.3 is 19.9 Å². The van der Waals surface area contributed by atoms with Gasteiger partial charge in [0, 0.05) is 40.0 Å². The van der Waals surface area contributed by atoms with Crippen molar-refractivity contribution >= 4 is 17.5 Å². The van der Waals surface area contributed by atoms with Crippen LogP contribution in [0.1, 0.15) is 64.8 Å². The molecule has 2 heterocycles. The Bertz CT molecular complexity index is 1130. The number of rotatable bonds is 3. The number of allylic oxidation sites excluding steroid dienone is 2. The Labute approximate surface area is 206 Å². The number of ether oxygens (including phenoxy) is 1. The number of carbonyl (C=O) groups is 1. The molecule has 1 saturated carbocycles. The van der Waals surface area contributed by atoms with Crippen LogP contribution in [0.5, 0.6) is 5.75 Å². The fourth-order valence-corrected chi connectivity index (χ4v) is 5.22. The van der Waals surface area contributed by atoms with Crippen LogP contribution in [-0.4, -0.2) is 42.0 Å². The third kappa shape index (κ3) is 5.73. The maximum atomic E-state index is 13.3.